The molecule has 0 unspecified atom stereocenters. The van der Waals surface area contributed by atoms with Gasteiger partial charge >= 0.3 is 5.69 Å². The van der Waals surface area contributed by atoms with Crippen LogP contribution in [0.4, 0.5) is 5.95 Å². The van der Waals surface area contributed by atoms with Crippen LogP contribution >= 0.6 is 15.9 Å². The second-order valence-corrected chi connectivity index (χ2v) is 9.26. The Balaban J connectivity index is 1.68. The van der Waals surface area contributed by atoms with E-state index in [0.29, 0.717) is 23.7 Å². The molecular formula is C26H23BrN6O2. The third kappa shape index (κ3) is 4.08. The summed E-state index contributed by atoms with van der Waals surface area (Å²) in [5, 5.41) is 8.76. The summed E-state index contributed by atoms with van der Waals surface area (Å²) < 4.78 is 5.11. The van der Waals surface area contributed by atoms with E-state index in [0.717, 1.165) is 30.9 Å². The lowest BCUT2D eigenvalue weighted by molar-refractivity contribution is 0.705. The molecule has 0 atom stereocenters. The summed E-state index contributed by atoms with van der Waals surface area (Å²) in [5.41, 5.74) is 1.79. The Kier molecular flexibility index (Phi) is 5.86. The van der Waals surface area contributed by atoms with Crippen LogP contribution in [0.25, 0.3) is 21.9 Å². The highest BCUT2D eigenvalue weighted by molar-refractivity contribution is 9.10. The largest absolute Gasteiger partial charge is 0.332 e. The van der Waals surface area contributed by atoms with Crippen molar-refractivity contribution in [2.75, 3.05) is 5.01 Å². The van der Waals surface area contributed by atoms with Gasteiger partial charge < -0.3 is 4.57 Å². The second kappa shape index (κ2) is 8.99. The Bertz CT molecular complexity index is 1730. The molecule has 0 radical (unpaired) electrons. The lowest BCUT2D eigenvalue weighted by Crippen LogP contribution is -2.37. The maximum absolute atomic E-state index is 12.9. The Morgan fingerprint density at radius 2 is 1.69 bits per heavy atom. The molecular weight excluding hydrogens is 508 g/mol. The van der Waals surface area contributed by atoms with Crippen molar-refractivity contribution in [1.82, 2.24) is 18.7 Å². The zero-order valence-corrected chi connectivity index (χ0v) is 21.1. The molecule has 8 nitrogen and oxygen atoms in total. The van der Waals surface area contributed by atoms with Crippen LogP contribution < -0.4 is 16.3 Å². The molecule has 9 heteroatoms. The summed E-state index contributed by atoms with van der Waals surface area (Å²) in [7, 11) is 4.84. The van der Waals surface area contributed by atoms with Crippen molar-refractivity contribution >= 4 is 50.0 Å². The molecule has 0 bridgehead atoms. The first-order valence-corrected chi connectivity index (χ1v) is 11.8. The fourth-order valence-corrected chi connectivity index (χ4v) is 4.65. The van der Waals surface area contributed by atoms with Gasteiger partial charge in [0.05, 0.1) is 12.8 Å². The van der Waals surface area contributed by atoms with Crippen LogP contribution in [-0.4, -0.2) is 24.9 Å². The topological polar surface area (TPSA) is 77.4 Å². The summed E-state index contributed by atoms with van der Waals surface area (Å²) in [4.78, 5) is 30.1. The van der Waals surface area contributed by atoms with Crippen LogP contribution in [0.3, 0.4) is 0 Å². The van der Waals surface area contributed by atoms with Gasteiger partial charge in [0.1, 0.15) is 0 Å². The molecule has 0 N–H and O–H groups in total. The number of hydrogen-bond acceptors (Lipinski definition) is 5. The number of rotatable bonds is 5. The minimum Gasteiger partial charge on any atom is -0.306 e. The Labute approximate surface area is 209 Å². The lowest BCUT2D eigenvalue weighted by atomic mass is 10.1. The fraction of sp³-hybridized carbons (Fsp3) is 0.154. The molecule has 0 saturated heterocycles. The van der Waals surface area contributed by atoms with Crippen molar-refractivity contribution in [3.8, 4) is 0 Å². The maximum atomic E-state index is 12.9. The Hall–Kier alpha value is -3.98. The number of aromatic nitrogens is 4. The molecule has 35 heavy (non-hydrogen) atoms. The maximum Gasteiger partial charge on any atom is 0.332 e. The van der Waals surface area contributed by atoms with Crippen LogP contribution in [0.1, 0.15) is 11.1 Å². The van der Waals surface area contributed by atoms with Crippen LogP contribution in [0.15, 0.2) is 85.9 Å². The number of halogens is 1. The molecule has 0 aliphatic carbocycles. The third-order valence-corrected chi connectivity index (χ3v) is 6.56. The van der Waals surface area contributed by atoms with E-state index in [1.807, 2.05) is 48.5 Å². The van der Waals surface area contributed by atoms with Crippen molar-refractivity contribution in [1.29, 1.82) is 0 Å². The van der Waals surface area contributed by atoms with E-state index in [-0.39, 0.29) is 0 Å². The van der Waals surface area contributed by atoms with E-state index in [1.165, 1.54) is 11.6 Å². The van der Waals surface area contributed by atoms with Gasteiger partial charge in [-0.15, -0.1) is 0 Å². The van der Waals surface area contributed by atoms with Crippen molar-refractivity contribution in [3.05, 3.63) is 103 Å². The standard InChI is InChI=1S/C26H23BrN6O2/c1-30-22-23(31(2)26(35)32(3)24(22)34)29-25(30)33(16-17-8-6-12-20(27)14-17)28-15-19-11-7-10-18-9-4-5-13-21(18)19/h4-15H,16H2,1-3H3. The number of hydrogen-bond donors (Lipinski definition) is 0. The van der Waals surface area contributed by atoms with Crippen molar-refractivity contribution in [2.45, 2.75) is 6.54 Å². The molecule has 2 heterocycles. The van der Waals surface area contributed by atoms with E-state index in [4.69, 9.17) is 5.10 Å². The average molecular weight is 531 g/mol. The fourth-order valence-electron chi connectivity index (χ4n) is 4.20. The highest BCUT2D eigenvalue weighted by Crippen LogP contribution is 2.23. The minimum atomic E-state index is -0.426. The van der Waals surface area contributed by atoms with E-state index >= 15 is 0 Å². The minimum absolute atomic E-state index is 0.315. The molecule has 0 fully saturated rings. The van der Waals surface area contributed by atoms with Gasteiger partial charge in [0, 0.05) is 31.2 Å². The number of aryl methyl sites for hydroxylation is 2. The smallest absolute Gasteiger partial charge is 0.306 e. The monoisotopic (exact) mass is 530 g/mol. The predicted octanol–water partition coefficient (Wildman–Crippen LogP) is 3.93. The Morgan fingerprint density at radius 1 is 0.943 bits per heavy atom. The van der Waals surface area contributed by atoms with Crippen molar-refractivity contribution < 1.29 is 0 Å². The number of nitrogens with zero attached hydrogens (tertiary/aromatic N) is 6. The number of hydrazone groups is 1. The second-order valence-electron chi connectivity index (χ2n) is 8.35. The summed E-state index contributed by atoms with van der Waals surface area (Å²) in [6, 6.07) is 22.1. The van der Waals surface area contributed by atoms with Gasteiger partial charge in [-0.25, -0.2) is 9.80 Å². The number of fused-ring (bicyclic) bond motifs is 2. The summed E-state index contributed by atoms with van der Waals surface area (Å²) in [6.45, 7) is 0.409. The number of imidazole rings is 1. The van der Waals surface area contributed by atoms with Gasteiger partial charge in [0.2, 0.25) is 5.95 Å². The van der Waals surface area contributed by atoms with E-state index in [9.17, 15) is 9.59 Å². The van der Waals surface area contributed by atoms with Crippen molar-refractivity contribution in [3.63, 3.8) is 0 Å². The van der Waals surface area contributed by atoms with Crippen LogP contribution in [-0.2, 0) is 27.7 Å². The highest BCUT2D eigenvalue weighted by atomic mass is 79.9. The molecule has 0 amide bonds. The first-order valence-electron chi connectivity index (χ1n) is 11.0. The molecule has 5 rings (SSSR count). The zero-order valence-electron chi connectivity index (χ0n) is 19.5. The van der Waals surface area contributed by atoms with Crippen LogP contribution in [0, 0.1) is 0 Å². The molecule has 3 aromatic carbocycles. The van der Waals surface area contributed by atoms with Gasteiger partial charge in [-0.05, 0) is 28.5 Å². The summed E-state index contributed by atoms with van der Waals surface area (Å²) in [6.07, 6.45) is 1.80. The zero-order chi connectivity index (χ0) is 24.7. The normalized spacial score (nSPS) is 11.7. The highest BCUT2D eigenvalue weighted by Gasteiger charge is 2.21. The summed E-state index contributed by atoms with van der Waals surface area (Å²) in [5.74, 6) is 0.453. The van der Waals surface area contributed by atoms with E-state index < -0.39 is 11.2 Å². The molecule has 176 valence electrons. The van der Waals surface area contributed by atoms with E-state index in [1.54, 1.807) is 29.9 Å². The SMILES string of the molecule is Cn1c(=O)c2c(nc(N(Cc3cccc(Br)c3)N=Cc3cccc4ccccc34)n2C)n(C)c1=O. The average Bonchev–Trinajstić information content (AvgIpc) is 3.21. The quantitative estimate of drug-likeness (QED) is 0.255. The first kappa shape index (κ1) is 22.8. The number of benzene rings is 3. The predicted molar refractivity (Wildman–Crippen MR) is 143 cm³/mol. The third-order valence-electron chi connectivity index (χ3n) is 6.06. The van der Waals surface area contributed by atoms with Gasteiger partial charge in [-0.3, -0.25) is 13.9 Å². The molecule has 2 aromatic heterocycles. The van der Waals surface area contributed by atoms with Gasteiger partial charge in [-0.2, -0.15) is 10.1 Å². The van der Waals surface area contributed by atoms with Crippen LogP contribution in [0.2, 0.25) is 0 Å². The molecule has 0 spiro atoms. The number of anilines is 1. The van der Waals surface area contributed by atoms with Crippen molar-refractivity contribution in [2.24, 2.45) is 26.2 Å². The molecule has 0 aliphatic heterocycles. The Morgan fingerprint density at radius 3 is 2.49 bits per heavy atom. The molecule has 0 saturated carbocycles. The molecule has 5 aromatic rings. The first-order chi connectivity index (χ1) is 16.8. The van der Waals surface area contributed by atoms with Gasteiger partial charge in [0.25, 0.3) is 5.56 Å². The summed E-state index contributed by atoms with van der Waals surface area (Å²) >= 11 is 3.53. The lowest BCUT2D eigenvalue weighted by Gasteiger charge is -2.18. The van der Waals surface area contributed by atoms with Gasteiger partial charge in [0.15, 0.2) is 11.2 Å². The van der Waals surface area contributed by atoms with E-state index in [2.05, 4.69) is 39.1 Å². The van der Waals surface area contributed by atoms with Crippen LogP contribution in [0.5, 0.6) is 0 Å². The molecule has 0 aliphatic rings. The van der Waals surface area contributed by atoms with Gasteiger partial charge in [-0.1, -0.05) is 70.5 Å².